The van der Waals surface area contributed by atoms with Crippen molar-refractivity contribution >= 4 is 5.78 Å². The van der Waals surface area contributed by atoms with E-state index in [0.29, 0.717) is 23.7 Å². The van der Waals surface area contributed by atoms with Gasteiger partial charge in [0, 0.05) is 11.8 Å². The molecule has 16 heavy (non-hydrogen) atoms. The van der Waals surface area contributed by atoms with E-state index in [0.717, 1.165) is 6.42 Å². The molecule has 1 saturated carbocycles. The summed E-state index contributed by atoms with van der Waals surface area (Å²) in [7, 11) is 0. The van der Waals surface area contributed by atoms with Gasteiger partial charge in [0.1, 0.15) is 5.78 Å². The molecule has 2 heteroatoms. The second-order valence-electron chi connectivity index (χ2n) is 5.15. The lowest BCUT2D eigenvalue weighted by Gasteiger charge is -2.15. The van der Waals surface area contributed by atoms with Gasteiger partial charge in [0.05, 0.1) is 11.6 Å². The van der Waals surface area contributed by atoms with Crippen molar-refractivity contribution in [3.63, 3.8) is 0 Å². The molecule has 0 heterocycles. The van der Waals surface area contributed by atoms with Crippen molar-refractivity contribution in [2.75, 3.05) is 0 Å². The third-order valence-electron chi connectivity index (χ3n) is 3.45. The fraction of sp³-hybridized carbons (Fsp3) is 0.429. The third-order valence-corrected chi connectivity index (χ3v) is 3.45. The van der Waals surface area contributed by atoms with Crippen LogP contribution < -0.4 is 0 Å². The zero-order chi connectivity index (χ0) is 11.8. The van der Waals surface area contributed by atoms with Crippen LogP contribution in [0.2, 0.25) is 0 Å². The van der Waals surface area contributed by atoms with E-state index in [1.165, 1.54) is 5.56 Å². The molecule has 0 saturated heterocycles. The number of hydrogen-bond donors (Lipinski definition) is 0. The fourth-order valence-electron chi connectivity index (χ4n) is 2.37. The molecule has 2 rings (SSSR count). The van der Waals surface area contributed by atoms with Gasteiger partial charge in [-0.05, 0) is 30.0 Å². The van der Waals surface area contributed by atoms with Crippen LogP contribution in [0.4, 0.5) is 0 Å². The summed E-state index contributed by atoms with van der Waals surface area (Å²) < 4.78 is 0. The van der Waals surface area contributed by atoms with Crippen LogP contribution in [0.3, 0.4) is 0 Å². The summed E-state index contributed by atoms with van der Waals surface area (Å²) >= 11 is 0. The predicted octanol–water partition coefficient (Wildman–Crippen LogP) is 3.03. The van der Waals surface area contributed by atoms with Gasteiger partial charge in [0.2, 0.25) is 0 Å². The lowest BCUT2D eigenvalue weighted by Crippen LogP contribution is -2.15. The minimum absolute atomic E-state index is 0.182. The summed E-state index contributed by atoms with van der Waals surface area (Å²) in [6.45, 7) is 4.03. The van der Waals surface area contributed by atoms with Crippen LogP contribution in [0, 0.1) is 16.7 Å². The van der Waals surface area contributed by atoms with Crippen LogP contribution in [0.15, 0.2) is 24.3 Å². The van der Waals surface area contributed by atoms with Crippen LogP contribution in [-0.4, -0.2) is 5.78 Å². The SMILES string of the molecule is CC1(C)C[C@H](c2ccc(C#N)cc2)CC1=O. The summed E-state index contributed by atoms with van der Waals surface area (Å²) in [5.74, 6) is 0.678. The van der Waals surface area contributed by atoms with Crippen LogP contribution in [0.5, 0.6) is 0 Å². The molecule has 82 valence electrons. The molecule has 1 aromatic carbocycles. The van der Waals surface area contributed by atoms with E-state index in [9.17, 15) is 4.79 Å². The first kappa shape index (κ1) is 10.9. The van der Waals surface area contributed by atoms with E-state index in [2.05, 4.69) is 6.07 Å². The average Bonchev–Trinajstić information content (AvgIpc) is 2.54. The smallest absolute Gasteiger partial charge is 0.139 e. The summed E-state index contributed by atoms with van der Waals surface area (Å²) in [5, 5.41) is 8.71. The molecule has 1 aliphatic carbocycles. The molecule has 1 atom stereocenters. The van der Waals surface area contributed by atoms with E-state index < -0.39 is 0 Å². The van der Waals surface area contributed by atoms with Gasteiger partial charge in [0.25, 0.3) is 0 Å². The molecule has 0 amide bonds. The minimum atomic E-state index is -0.182. The van der Waals surface area contributed by atoms with Crippen molar-refractivity contribution in [2.45, 2.75) is 32.6 Å². The Hall–Kier alpha value is -1.62. The monoisotopic (exact) mass is 213 g/mol. The van der Waals surface area contributed by atoms with Crippen molar-refractivity contribution in [3.8, 4) is 6.07 Å². The van der Waals surface area contributed by atoms with Crippen molar-refractivity contribution in [3.05, 3.63) is 35.4 Å². The van der Waals surface area contributed by atoms with Gasteiger partial charge in [-0.3, -0.25) is 4.79 Å². The molecule has 0 unspecified atom stereocenters. The van der Waals surface area contributed by atoms with Gasteiger partial charge in [0.15, 0.2) is 0 Å². The Kier molecular flexibility index (Phi) is 2.55. The Morgan fingerprint density at radius 1 is 1.31 bits per heavy atom. The summed E-state index contributed by atoms with van der Waals surface area (Å²) in [4.78, 5) is 11.8. The highest BCUT2D eigenvalue weighted by molar-refractivity contribution is 5.87. The maximum absolute atomic E-state index is 11.8. The van der Waals surface area contributed by atoms with Gasteiger partial charge in [-0.1, -0.05) is 26.0 Å². The van der Waals surface area contributed by atoms with E-state index >= 15 is 0 Å². The Bertz CT molecular complexity index is 451. The van der Waals surface area contributed by atoms with Gasteiger partial charge in [-0.15, -0.1) is 0 Å². The van der Waals surface area contributed by atoms with Crippen molar-refractivity contribution in [1.82, 2.24) is 0 Å². The fourth-order valence-corrected chi connectivity index (χ4v) is 2.37. The summed E-state index contributed by atoms with van der Waals surface area (Å²) in [5.41, 5.74) is 1.67. The Morgan fingerprint density at radius 3 is 2.38 bits per heavy atom. The number of carbonyl (C=O) groups is 1. The molecule has 0 radical (unpaired) electrons. The molecule has 0 bridgehead atoms. The third kappa shape index (κ3) is 1.86. The van der Waals surface area contributed by atoms with Crippen LogP contribution in [0.1, 0.15) is 43.7 Å². The van der Waals surface area contributed by atoms with Crippen molar-refractivity contribution in [2.24, 2.45) is 5.41 Å². The summed E-state index contributed by atoms with van der Waals surface area (Å²) in [6, 6.07) is 9.69. The predicted molar refractivity (Wildman–Crippen MR) is 61.9 cm³/mol. The molecule has 0 N–H and O–H groups in total. The first-order chi connectivity index (χ1) is 7.53. The number of rotatable bonds is 1. The number of benzene rings is 1. The molecule has 0 aromatic heterocycles. The molecule has 1 fully saturated rings. The van der Waals surface area contributed by atoms with E-state index in [-0.39, 0.29) is 5.41 Å². The molecule has 1 aliphatic rings. The van der Waals surface area contributed by atoms with Crippen LogP contribution >= 0.6 is 0 Å². The number of hydrogen-bond acceptors (Lipinski definition) is 2. The molecule has 0 spiro atoms. The van der Waals surface area contributed by atoms with E-state index in [1.54, 1.807) is 0 Å². The molecular weight excluding hydrogens is 198 g/mol. The number of nitriles is 1. The number of Topliss-reactive ketones (excluding diaryl/α,β-unsaturated/α-hetero) is 1. The standard InChI is InChI=1S/C14H15NO/c1-14(2)8-12(7-13(14)16)11-5-3-10(9-15)4-6-11/h3-6,12H,7-8H2,1-2H3/t12-/m1/s1. The molecule has 0 aliphatic heterocycles. The first-order valence-corrected chi connectivity index (χ1v) is 5.56. The quantitative estimate of drug-likeness (QED) is 0.719. The van der Waals surface area contributed by atoms with Gasteiger partial charge in [-0.2, -0.15) is 5.26 Å². The Balaban J connectivity index is 2.21. The number of carbonyl (C=O) groups excluding carboxylic acids is 1. The van der Waals surface area contributed by atoms with E-state index in [1.807, 2.05) is 38.1 Å². The highest BCUT2D eigenvalue weighted by atomic mass is 16.1. The topological polar surface area (TPSA) is 40.9 Å². The first-order valence-electron chi connectivity index (χ1n) is 5.56. The molecular formula is C14H15NO. The van der Waals surface area contributed by atoms with Gasteiger partial charge >= 0.3 is 0 Å². The van der Waals surface area contributed by atoms with Gasteiger partial charge in [-0.25, -0.2) is 0 Å². The van der Waals surface area contributed by atoms with Crippen LogP contribution in [-0.2, 0) is 4.79 Å². The molecule has 2 nitrogen and oxygen atoms in total. The normalized spacial score (nSPS) is 23.1. The zero-order valence-corrected chi connectivity index (χ0v) is 9.66. The Labute approximate surface area is 95.9 Å². The number of nitrogens with zero attached hydrogens (tertiary/aromatic N) is 1. The summed E-state index contributed by atoms with van der Waals surface area (Å²) in [6.07, 6.45) is 1.55. The maximum Gasteiger partial charge on any atom is 0.139 e. The maximum atomic E-state index is 11.8. The highest BCUT2D eigenvalue weighted by Gasteiger charge is 2.39. The zero-order valence-electron chi connectivity index (χ0n) is 9.66. The van der Waals surface area contributed by atoms with Crippen molar-refractivity contribution in [1.29, 1.82) is 5.26 Å². The number of ketones is 1. The van der Waals surface area contributed by atoms with E-state index in [4.69, 9.17) is 5.26 Å². The van der Waals surface area contributed by atoms with Gasteiger partial charge < -0.3 is 0 Å². The highest BCUT2D eigenvalue weighted by Crippen LogP contribution is 2.43. The Morgan fingerprint density at radius 2 is 1.94 bits per heavy atom. The second kappa shape index (κ2) is 3.75. The van der Waals surface area contributed by atoms with Crippen molar-refractivity contribution < 1.29 is 4.79 Å². The van der Waals surface area contributed by atoms with Crippen LogP contribution in [0.25, 0.3) is 0 Å². The second-order valence-corrected chi connectivity index (χ2v) is 5.15. The molecule has 1 aromatic rings. The minimum Gasteiger partial charge on any atom is -0.299 e. The average molecular weight is 213 g/mol. The lowest BCUT2D eigenvalue weighted by atomic mass is 9.88. The largest absolute Gasteiger partial charge is 0.299 e. The lowest BCUT2D eigenvalue weighted by molar-refractivity contribution is -0.124.